The van der Waals surface area contributed by atoms with E-state index < -0.39 is 0 Å². The number of likely N-dealkylation sites (N-methyl/N-ethyl adjacent to an activating group) is 1. The number of aromatic nitrogens is 1. The molecule has 6 heteroatoms. The van der Waals surface area contributed by atoms with Gasteiger partial charge < -0.3 is 0 Å². The molecule has 3 nitrogen and oxygen atoms in total. The average Bonchev–Trinajstić information content (AvgIpc) is 2.89. The van der Waals surface area contributed by atoms with Crippen molar-refractivity contribution in [1.82, 2.24) is 9.88 Å². The summed E-state index contributed by atoms with van der Waals surface area (Å²) in [5.41, 5.74) is 2.87. The normalized spacial score (nSPS) is 11.1. The molecular formula is C12H13ClN2OS2. The minimum Gasteiger partial charge on any atom is -0.294 e. The number of rotatable bonds is 5. The first kappa shape index (κ1) is 13.7. The van der Waals surface area contributed by atoms with Crippen LogP contribution in [0.5, 0.6) is 0 Å². The zero-order chi connectivity index (χ0) is 13.1. The van der Waals surface area contributed by atoms with E-state index in [4.69, 9.17) is 11.6 Å². The standard InChI is InChI=1S/C12H13ClN2OS2/c1-8-11(17-7-14-8)6-15(2)5-9(16)10-3-4-12(13)18-10/h3-4,7H,5-6H2,1-2H3. The van der Waals surface area contributed by atoms with E-state index in [1.165, 1.54) is 16.2 Å². The van der Waals surface area contributed by atoms with Crippen LogP contribution in [0, 0.1) is 6.92 Å². The van der Waals surface area contributed by atoms with Gasteiger partial charge in [0.15, 0.2) is 5.78 Å². The van der Waals surface area contributed by atoms with Crippen LogP contribution in [0.2, 0.25) is 4.34 Å². The van der Waals surface area contributed by atoms with Crippen LogP contribution in [0.1, 0.15) is 20.2 Å². The number of nitrogens with zero attached hydrogens (tertiary/aromatic N) is 2. The molecule has 0 unspecified atom stereocenters. The van der Waals surface area contributed by atoms with Crippen LogP contribution in [-0.4, -0.2) is 29.3 Å². The number of carbonyl (C=O) groups excluding carboxylic acids is 1. The van der Waals surface area contributed by atoms with Gasteiger partial charge in [0.25, 0.3) is 0 Å². The van der Waals surface area contributed by atoms with Crippen molar-refractivity contribution >= 4 is 40.1 Å². The number of aryl methyl sites for hydroxylation is 1. The number of ketones is 1. The van der Waals surface area contributed by atoms with E-state index in [0.717, 1.165) is 12.2 Å². The van der Waals surface area contributed by atoms with E-state index in [-0.39, 0.29) is 5.78 Å². The fourth-order valence-corrected chi connectivity index (χ4v) is 3.40. The lowest BCUT2D eigenvalue weighted by molar-refractivity contribution is 0.0947. The number of Topliss-reactive ketones (excluding diaryl/α,β-unsaturated/α-hetero) is 1. The maximum Gasteiger partial charge on any atom is 0.186 e. The van der Waals surface area contributed by atoms with E-state index in [1.54, 1.807) is 23.5 Å². The lowest BCUT2D eigenvalue weighted by Gasteiger charge is -2.14. The van der Waals surface area contributed by atoms with Gasteiger partial charge in [0.2, 0.25) is 0 Å². The number of hydrogen-bond donors (Lipinski definition) is 0. The van der Waals surface area contributed by atoms with Crippen molar-refractivity contribution in [2.75, 3.05) is 13.6 Å². The highest BCUT2D eigenvalue weighted by Gasteiger charge is 2.13. The molecule has 2 aromatic rings. The van der Waals surface area contributed by atoms with E-state index in [2.05, 4.69) is 4.98 Å². The Kier molecular flexibility index (Phi) is 4.50. The third-order valence-electron chi connectivity index (χ3n) is 2.52. The number of thiophene rings is 1. The fraction of sp³-hybridized carbons (Fsp3) is 0.333. The lowest BCUT2D eigenvalue weighted by Crippen LogP contribution is -2.25. The first-order valence-electron chi connectivity index (χ1n) is 5.42. The van der Waals surface area contributed by atoms with Gasteiger partial charge in [0.05, 0.1) is 27.0 Å². The summed E-state index contributed by atoms with van der Waals surface area (Å²) in [5.74, 6) is 0.108. The van der Waals surface area contributed by atoms with Crippen LogP contribution in [0.25, 0.3) is 0 Å². The second kappa shape index (κ2) is 5.93. The summed E-state index contributed by atoms with van der Waals surface area (Å²) in [5, 5.41) is 0. The smallest absolute Gasteiger partial charge is 0.186 e. The molecule has 2 rings (SSSR count). The van der Waals surface area contributed by atoms with Crippen molar-refractivity contribution < 1.29 is 4.79 Å². The predicted molar refractivity (Wildman–Crippen MR) is 76.8 cm³/mol. The number of halogens is 1. The lowest BCUT2D eigenvalue weighted by atomic mass is 10.3. The molecule has 0 bridgehead atoms. The van der Waals surface area contributed by atoms with Gasteiger partial charge in [-0.25, -0.2) is 4.98 Å². The molecule has 0 N–H and O–H groups in total. The Hall–Kier alpha value is -0.750. The molecule has 0 fully saturated rings. The highest BCUT2D eigenvalue weighted by atomic mass is 35.5. The molecule has 96 valence electrons. The van der Waals surface area contributed by atoms with Gasteiger partial charge >= 0.3 is 0 Å². The number of hydrogen-bond acceptors (Lipinski definition) is 5. The zero-order valence-corrected chi connectivity index (χ0v) is 12.5. The summed E-state index contributed by atoms with van der Waals surface area (Å²) in [6.07, 6.45) is 0. The molecule has 2 heterocycles. The van der Waals surface area contributed by atoms with Crippen molar-refractivity contribution in [3.63, 3.8) is 0 Å². The van der Waals surface area contributed by atoms with Crippen molar-refractivity contribution in [2.24, 2.45) is 0 Å². The van der Waals surface area contributed by atoms with Crippen LogP contribution in [0.4, 0.5) is 0 Å². The molecule has 0 spiro atoms. The van der Waals surface area contributed by atoms with Crippen molar-refractivity contribution in [1.29, 1.82) is 0 Å². The Morgan fingerprint density at radius 2 is 2.28 bits per heavy atom. The van der Waals surface area contributed by atoms with Gasteiger partial charge in [-0.3, -0.25) is 9.69 Å². The summed E-state index contributed by atoms with van der Waals surface area (Å²) in [7, 11) is 1.94. The minimum absolute atomic E-state index is 0.108. The Labute approximate surface area is 119 Å². The molecule has 0 amide bonds. The Morgan fingerprint density at radius 3 is 2.83 bits per heavy atom. The highest BCUT2D eigenvalue weighted by molar-refractivity contribution is 7.18. The summed E-state index contributed by atoms with van der Waals surface area (Å²) < 4.78 is 0.652. The van der Waals surface area contributed by atoms with E-state index in [9.17, 15) is 4.79 Å². The van der Waals surface area contributed by atoms with Gasteiger partial charge in [-0.15, -0.1) is 22.7 Å². The van der Waals surface area contributed by atoms with Crippen molar-refractivity contribution in [3.8, 4) is 0 Å². The van der Waals surface area contributed by atoms with Gasteiger partial charge in [0.1, 0.15) is 0 Å². The molecule has 0 aromatic carbocycles. The monoisotopic (exact) mass is 300 g/mol. The van der Waals surface area contributed by atoms with Crippen LogP contribution >= 0.6 is 34.3 Å². The Balaban J connectivity index is 1.93. The SMILES string of the molecule is Cc1ncsc1CN(C)CC(=O)c1ccc(Cl)s1. The third-order valence-corrected chi connectivity index (χ3v) is 4.71. The van der Waals surface area contributed by atoms with Crippen LogP contribution < -0.4 is 0 Å². The summed E-state index contributed by atoms with van der Waals surface area (Å²) in [6.45, 7) is 3.13. The molecule has 0 radical (unpaired) electrons. The quantitative estimate of drug-likeness (QED) is 0.793. The molecule has 0 aliphatic heterocycles. The summed E-state index contributed by atoms with van der Waals surface area (Å²) in [4.78, 5) is 20.1. The molecule has 0 saturated heterocycles. The van der Waals surface area contributed by atoms with E-state index >= 15 is 0 Å². The third kappa shape index (κ3) is 3.38. The second-order valence-corrected chi connectivity index (χ2v) is 6.71. The predicted octanol–water partition coefficient (Wildman–Crippen LogP) is 3.48. The first-order valence-corrected chi connectivity index (χ1v) is 7.49. The minimum atomic E-state index is 0.108. The highest BCUT2D eigenvalue weighted by Crippen LogP contribution is 2.22. The summed E-state index contributed by atoms with van der Waals surface area (Å²) in [6, 6.07) is 3.54. The first-order chi connectivity index (χ1) is 8.56. The fourth-order valence-electron chi connectivity index (χ4n) is 1.57. The van der Waals surface area contributed by atoms with Crippen LogP contribution in [-0.2, 0) is 6.54 Å². The molecular weight excluding hydrogens is 288 g/mol. The van der Waals surface area contributed by atoms with Crippen molar-refractivity contribution in [3.05, 3.63) is 37.4 Å². The van der Waals surface area contributed by atoms with Gasteiger partial charge in [-0.05, 0) is 26.1 Å². The van der Waals surface area contributed by atoms with E-state index in [1.807, 2.05) is 24.4 Å². The maximum atomic E-state index is 12.0. The van der Waals surface area contributed by atoms with Crippen LogP contribution in [0.3, 0.4) is 0 Å². The number of thiazole rings is 1. The Bertz CT molecular complexity index is 550. The maximum absolute atomic E-state index is 12.0. The van der Waals surface area contributed by atoms with Gasteiger partial charge in [-0.2, -0.15) is 0 Å². The molecule has 0 aliphatic rings. The average molecular weight is 301 g/mol. The zero-order valence-electron chi connectivity index (χ0n) is 10.1. The summed E-state index contributed by atoms with van der Waals surface area (Å²) >= 11 is 8.77. The molecule has 18 heavy (non-hydrogen) atoms. The molecule has 0 atom stereocenters. The Morgan fingerprint density at radius 1 is 1.50 bits per heavy atom. The van der Waals surface area contributed by atoms with E-state index in [0.29, 0.717) is 15.8 Å². The molecule has 0 aliphatic carbocycles. The molecule has 0 saturated carbocycles. The number of carbonyl (C=O) groups is 1. The largest absolute Gasteiger partial charge is 0.294 e. The van der Waals surface area contributed by atoms with Gasteiger partial charge in [0, 0.05) is 11.4 Å². The van der Waals surface area contributed by atoms with Crippen molar-refractivity contribution in [2.45, 2.75) is 13.5 Å². The molecule has 2 aromatic heterocycles. The van der Waals surface area contributed by atoms with Crippen LogP contribution in [0.15, 0.2) is 17.6 Å². The van der Waals surface area contributed by atoms with Gasteiger partial charge in [-0.1, -0.05) is 11.6 Å². The second-order valence-electron chi connectivity index (χ2n) is 4.06. The topological polar surface area (TPSA) is 33.2 Å².